The largest absolute Gasteiger partial charge is 0.480 e. The molecule has 0 saturated carbocycles. The Morgan fingerprint density at radius 3 is 2.50 bits per heavy atom. The first-order valence-corrected chi connectivity index (χ1v) is 4.91. The van der Waals surface area contributed by atoms with Crippen molar-refractivity contribution >= 4 is 17.7 Å². The van der Waals surface area contributed by atoms with E-state index in [9.17, 15) is 4.79 Å². The Morgan fingerprint density at radius 1 is 1.50 bits per heavy atom. The van der Waals surface area contributed by atoms with Gasteiger partial charge in [0.15, 0.2) is 0 Å². The standard InChI is InChI=1S/C10H9NO2S/c1-7(10(12)13)14-9-4-2-8(6-11)3-5-9/h2-5,7H,1H3,(H,12,13)/t7-/m0/s1. The third-order valence-electron chi connectivity index (χ3n) is 1.64. The lowest BCUT2D eigenvalue weighted by molar-refractivity contribution is -0.136. The van der Waals surface area contributed by atoms with Gasteiger partial charge >= 0.3 is 5.97 Å². The number of aliphatic carboxylic acids is 1. The molecule has 0 heterocycles. The lowest BCUT2D eigenvalue weighted by Gasteiger charge is -2.05. The smallest absolute Gasteiger partial charge is 0.316 e. The van der Waals surface area contributed by atoms with Gasteiger partial charge in [0.05, 0.1) is 11.6 Å². The van der Waals surface area contributed by atoms with Crippen molar-refractivity contribution < 1.29 is 9.90 Å². The van der Waals surface area contributed by atoms with Crippen LogP contribution in [0.4, 0.5) is 0 Å². The number of nitriles is 1. The van der Waals surface area contributed by atoms with E-state index in [0.717, 1.165) is 4.90 Å². The molecule has 3 nitrogen and oxygen atoms in total. The van der Waals surface area contributed by atoms with Gasteiger partial charge in [0.25, 0.3) is 0 Å². The van der Waals surface area contributed by atoms with Crippen LogP contribution in [0.5, 0.6) is 0 Å². The summed E-state index contributed by atoms with van der Waals surface area (Å²) in [5.41, 5.74) is 0.581. The Kier molecular flexibility index (Phi) is 3.55. The fraction of sp³-hybridized carbons (Fsp3) is 0.200. The zero-order chi connectivity index (χ0) is 10.6. The van der Waals surface area contributed by atoms with Gasteiger partial charge in [-0.05, 0) is 31.2 Å². The number of hydrogen-bond acceptors (Lipinski definition) is 3. The first-order chi connectivity index (χ1) is 6.63. The number of rotatable bonds is 3. The number of carboxylic acid groups (broad SMARTS) is 1. The van der Waals surface area contributed by atoms with Crippen molar-refractivity contribution in [3.05, 3.63) is 29.8 Å². The van der Waals surface area contributed by atoms with Gasteiger partial charge in [-0.3, -0.25) is 4.79 Å². The summed E-state index contributed by atoms with van der Waals surface area (Å²) in [7, 11) is 0. The van der Waals surface area contributed by atoms with Gasteiger partial charge in [-0.25, -0.2) is 0 Å². The van der Waals surface area contributed by atoms with Crippen LogP contribution in [0.3, 0.4) is 0 Å². The molecule has 0 fully saturated rings. The van der Waals surface area contributed by atoms with Crippen LogP contribution < -0.4 is 0 Å². The second-order valence-corrected chi connectivity index (χ2v) is 4.15. The Hall–Kier alpha value is -1.47. The highest BCUT2D eigenvalue weighted by Gasteiger charge is 2.11. The fourth-order valence-corrected chi connectivity index (χ4v) is 1.66. The van der Waals surface area contributed by atoms with Crippen molar-refractivity contribution in [1.29, 1.82) is 5.26 Å². The fourth-order valence-electron chi connectivity index (χ4n) is 0.863. The van der Waals surface area contributed by atoms with Gasteiger partial charge in [-0.2, -0.15) is 5.26 Å². The maximum atomic E-state index is 10.6. The van der Waals surface area contributed by atoms with Crippen LogP contribution >= 0.6 is 11.8 Å². The Labute approximate surface area is 86.4 Å². The van der Waals surface area contributed by atoms with Crippen LogP contribution in [0.15, 0.2) is 29.2 Å². The second kappa shape index (κ2) is 4.68. The maximum Gasteiger partial charge on any atom is 0.316 e. The van der Waals surface area contributed by atoms with E-state index in [1.54, 1.807) is 31.2 Å². The molecule has 0 saturated heterocycles. The Bertz CT molecular complexity index is 367. The van der Waals surface area contributed by atoms with Crippen molar-refractivity contribution in [2.75, 3.05) is 0 Å². The molecule has 0 spiro atoms. The molecule has 0 aliphatic rings. The quantitative estimate of drug-likeness (QED) is 0.771. The van der Waals surface area contributed by atoms with E-state index in [1.165, 1.54) is 11.8 Å². The first-order valence-electron chi connectivity index (χ1n) is 4.03. The summed E-state index contributed by atoms with van der Waals surface area (Å²) in [6.45, 7) is 1.63. The summed E-state index contributed by atoms with van der Waals surface area (Å²) in [6.07, 6.45) is 0. The van der Waals surface area contributed by atoms with Gasteiger partial charge in [-0.1, -0.05) is 0 Å². The van der Waals surface area contributed by atoms with Gasteiger partial charge in [0.2, 0.25) is 0 Å². The number of hydrogen-bond donors (Lipinski definition) is 1. The van der Waals surface area contributed by atoms with Crippen LogP contribution in [0, 0.1) is 11.3 Å². The summed E-state index contributed by atoms with van der Waals surface area (Å²) < 4.78 is 0. The van der Waals surface area contributed by atoms with Crippen LogP contribution in [-0.2, 0) is 4.79 Å². The highest BCUT2D eigenvalue weighted by molar-refractivity contribution is 8.00. The SMILES string of the molecule is C[C@H](Sc1ccc(C#N)cc1)C(=O)O. The Morgan fingerprint density at radius 2 is 2.07 bits per heavy atom. The molecule has 72 valence electrons. The minimum absolute atomic E-state index is 0.470. The van der Waals surface area contributed by atoms with Crippen molar-refractivity contribution in [3.63, 3.8) is 0 Å². The molecule has 4 heteroatoms. The molecule has 0 amide bonds. The first kappa shape index (κ1) is 10.6. The van der Waals surface area contributed by atoms with Crippen LogP contribution in [0.2, 0.25) is 0 Å². The molecule has 14 heavy (non-hydrogen) atoms. The van der Waals surface area contributed by atoms with Crippen molar-refractivity contribution in [2.24, 2.45) is 0 Å². The molecule has 0 radical (unpaired) electrons. The third kappa shape index (κ3) is 2.79. The molecule has 0 unspecified atom stereocenters. The monoisotopic (exact) mass is 207 g/mol. The van der Waals surface area contributed by atoms with E-state index in [1.807, 2.05) is 6.07 Å². The zero-order valence-corrected chi connectivity index (χ0v) is 8.41. The van der Waals surface area contributed by atoms with Crippen molar-refractivity contribution in [3.8, 4) is 6.07 Å². The van der Waals surface area contributed by atoms with Crippen LogP contribution in [0.1, 0.15) is 12.5 Å². The predicted octanol–water partition coefficient (Wildman–Crippen LogP) is 2.12. The van der Waals surface area contributed by atoms with E-state index in [2.05, 4.69) is 0 Å². The molecular weight excluding hydrogens is 198 g/mol. The normalized spacial score (nSPS) is 11.7. The molecule has 1 rings (SSSR count). The van der Waals surface area contributed by atoms with E-state index in [4.69, 9.17) is 10.4 Å². The molecule has 0 aliphatic carbocycles. The number of carboxylic acids is 1. The van der Waals surface area contributed by atoms with Gasteiger partial charge in [-0.15, -0.1) is 11.8 Å². The molecule has 1 N–H and O–H groups in total. The summed E-state index contributed by atoms with van der Waals surface area (Å²) >= 11 is 1.26. The summed E-state index contributed by atoms with van der Waals surface area (Å²) in [6, 6.07) is 8.86. The number of thioether (sulfide) groups is 1. The summed E-state index contributed by atoms with van der Waals surface area (Å²) in [5.74, 6) is -0.834. The molecule has 0 aliphatic heterocycles. The second-order valence-electron chi connectivity index (χ2n) is 2.73. The molecule has 1 aromatic rings. The predicted molar refractivity (Wildman–Crippen MR) is 54.1 cm³/mol. The lowest BCUT2D eigenvalue weighted by atomic mass is 10.2. The number of benzene rings is 1. The summed E-state index contributed by atoms with van der Waals surface area (Å²) in [4.78, 5) is 11.4. The average molecular weight is 207 g/mol. The van der Waals surface area contributed by atoms with Gasteiger partial charge < -0.3 is 5.11 Å². The van der Waals surface area contributed by atoms with Crippen LogP contribution in [-0.4, -0.2) is 16.3 Å². The third-order valence-corrected chi connectivity index (χ3v) is 2.74. The van der Waals surface area contributed by atoms with Crippen LogP contribution in [0.25, 0.3) is 0 Å². The lowest BCUT2D eigenvalue weighted by Crippen LogP contribution is -2.10. The topological polar surface area (TPSA) is 61.1 Å². The van der Waals surface area contributed by atoms with Gasteiger partial charge in [0.1, 0.15) is 5.25 Å². The van der Waals surface area contributed by atoms with Crippen molar-refractivity contribution in [1.82, 2.24) is 0 Å². The van der Waals surface area contributed by atoms with E-state index < -0.39 is 11.2 Å². The molecule has 0 aromatic heterocycles. The van der Waals surface area contributed by atoms with E-state index in [-0.39, 0.29) is 0 Å². The highest BCUT2D eigenvalue weighted by Crippen LogP contribution is 2.23. The minimum Gasteiger partial charge on any atom is -0.480 e. The van der Waals surface area contributed by atoms with E-state index >= 15 is 0 Å². The molecule has 1 aromatic carbocycles. The zero-order valence-electron chi connectivity index (χ0n) is 7.60. The average Bonchev–Trinajstić information content (AvgIpc) is 2.19. The molecule has 1 atom stereocenters. The number of carbonyl (C=O) groups is 1. The highest BCUT2D eigenvalue weighted by atomic mass is 32.2. The number of nitrogens with zero attached hydrogens (tertiary/aromatic N) is 1. The molecular formula is C10H9NO2S. The summed E-state index contributed by atoms with van der Waals surface area (Å²) in [5, 5.41) is 16.7. The molecule has 0 bridgehead atoms. The Balaban J connectivity index is 2.70. The minimum atomic E-state index is -0.834. The van der Waals surface area contributed by atoms with E-state index in [0.29, 0.717) is 5.56 Å². The van der Waals surface area contributed by atoms with Crippen molar-refractivity contribution in [2.45, 2.75) is 17.1 Å². The van der Waals surface area contributed by atoms with Gasteiger partial charge in [0, 0.05) is 4.90 Å². The maximum absolute atomic E-state index is 10.6.